The monoisotopic (exact) mass is 393 g/mol. The number of anilines is 1. The fraction of sp³-hybridized carbons (Fsp3) is 0.318. The summed E-state index contributed by atoms with van der Waals surface area (Å²) in [6.45, 7) is 5.49. The smallest absolute Gasteiger partial charge is 0.335 e. The second-order valence-corrected chi connectivity index (χ2v) is 7.37. The predicted octanol–water partition coefficient (Wildman–Crippen LogP) is 2.95. The van der Waals surface area contributed by atoms with Crippen molar-refractivity contribution in [2.75, 3.05) is 11.5 Å². The molecule has 0 bridgehead atoms. The van der Waals surface area contributed by atoms with E-state index in [1.54, 1.807) is 36.4 Å². The van der Waals surface area contributed by atoms with Gasteiger partial charge in [0.2, 0.25) is 0 Å². The zero-order chi connectivity index (χ0) is 20.5. The highest BCUT2D eigenvalue weighted by Crippen LogP contribution is 2.25. The molecule has 7 heteroatoms. The van der Waals surface area contributed by atoms with Crippen LogP contribution in [0.1, 0.15) is 29.8 Å². The Bertz CT molecular complexity index is 1000. The molecule has 0 spiro atoms. The van der Waals surface area contributed by atoms with Gasteiger partial charge in [-0.2, -0.15) is 0 Å². The summed E-state index contributed by atoms with van der Waals surface area (Å²) in [5.74, 6) is -1.31. The van der Waals surface area contributed by atoms with Crippen LogP contribution in [0.25, 0.3) is 6.08 Å². The molecular formula is C22H23N3O4. The van der Waals surface area contributed by atoms with E-state index in [0.717, 1.165) is 47.8 Å². The van der Waals surface area contributed by atoms with Crippen molar-refractivity contribution in [1.29, 1.82) is 0 Å². The van der Waals surface area contributed by atoms with Gasteiger partial charge in [-0.25, -0.2) is 9.69 Å². The lowest BCUT2D eigenvalue weighted by Crippen LogP contribution is -2.54. The number of aryl methyl sites for hydroxylation is 1. The zero-order valence-corrected chi connectivity index (χ0v) is 16.5. The van der Waals surface area contributed by atoms with Gasteiger partial charge in [0.15, 0.2) is 0 Å². The number of ether oxygens (including phenoxy) is 1. The number of aromatic nitrogens is 1. The Hall–Kier alpha value is -3.19. The van der Waals surface area contributed by atoms with E-state index in [2.05, 4.69) is 9.88 Å². The van der Waals surface area contributed by atoms with E-state index in [-0.39, 0.29) is 11.7 Å². The molecule has 150 valence electrons. The SMILES string of the molecule is Cc1cc(/C=C2\C(=O)NC(=O)N(c3ccccc3)C2=O)c(C)n1C[C@H]1CCCO1. The van der Waals surface area contributed by atoms with Gasteiger partial charge in [-0.3, -0.25) is 14.9 Å². The number of benzene rings is 1. The minimum absolute atomic E-state index is 0.0641. The molecule has 3 heterocycles. The van der Waals surface area contributed by atoms with E-state index in [0.29, 0.717) is 5.69 Å². The van der Waals surface area contributed by atoms with E-state index in [4.69, 9.17) is 4.74 Å². The number of carbonyl (C=O) groups excluding carboxylic acids is 3. The van der Waals surface area contributed by atoms with Crippen LogP contribution in [0, 0.1) is 13.8 Å². The number of amides is 4. The van der Waals surface area contributed by atoms with Crippen molar-refractivity contribution in [2.24, 2.45) is 0 Å². The molecule has 29 heavy (non-hydrogen) atoms. The third kappa shape index (κ3) is 3.61. The third-order valence-corrected chi connectivity index (χ3v) is 5.44. The predicted molar refractivity (Wildman–Crippen MR) is 108 cm³/mol. The second-order valence-electron chi connectivity index (χ2n) is 7.37. The zero-order valence-electron chi connectivity index (χ0n) is 16.5. The summed E-state index contributed by atoms with van der Waals surface area (Å²) in [6, 6.07) is 9.76. The summed E-state index contributed by atoms with van der Waals surface area (Å²) in [5, 5.41) is 2.26. The summed E-state index contributed by atoms with van der Waals surface area (Å²) in [6.07, 6.45) is 3.85. The fourth-order valence-corrected chi connectivity index (χ4v) is 3.87. The lowest BCUT2D eigenvalue weighted by molar-refractivity contribution is -0.122. The molecule has 2 aliphatic heterocycles. The molecule has 0 aliphatic carbocycles. The van der Waals surface area contributed by atoms with E-state index in [1.165, 1.54) is 0 Å². The third-order valence-electron chi connectivity index (χ3n) is 5.44. The van der Waals surface area contributed by atoms with Gasteiger partial charge in [0.1, 0.15) is 5.57 Å². The van der Waals surface area contributed by atoms with Gasteiger partial charge in [0.05, 0.1) is 11.8 Å². The lowest BCUT2D eigenvalue weighted by Gasteiger charge is -2.26. The molecule has 4 rings (SSSR count). The van der Waals surface area contributed by atoms with Gasteiger partial charge in [0, 0.05) is 24.5 Å². The highest BCUT2D eigenvalue weighted by Gasteiger charge is 2.37. The van der Waals surface area contributed by atoms with Crippen molar-refractivity contribution in [3.05, 3.63) is 58.9 Å². The van der Waals surface area contributed by atoms with Crippen LogP contribution in [-0.2, 0) is 20.9 Å². The number of rotatable bonds is 4. The summed E-state index contributed by atoms with van der Waals surface area (Å²) < 4.78 is 7.88. The number of hydrogen-bond acceptors (Lipinski definition) is 4. The normalized spacial score (nSPS) is 21.2. The van der Waals surface area contributed by atoms with E-state index < -0.39 is 17.8 Å². The first-order valence-corrected chi connectivity index (χ1v) is 9.70. The Morgan fingerprint density at radius 1 is 1.17 bits per heavy atom. The molecule has 2 fully saturated rings. The van der Waals surface area contributed by atoms with Crippen molar-refractivity contribution < 1.29 is 19.1 Å². The summed E-state index contributed by atoms with van der Waals surface area (Å²) in [5.41, 5.74) is 3.11. The largest absolute Gasteiger partial charge is 0.376 e. The molecule has 0 unspecified atom stereocenters. The number of hydrogen-bond donors (Lipinski definition) is 1. The van der Waals surface area contributed by atoms with Crippen molar-refractivity contribution in [3.63, 3.8) is 0 Å². The Morgan fingerprint density at radius 2 is 1.93 bits per heavy atom. The molecule has 1 aromatic carbocycles. The number of barbiturate groups is 1. The quantitative estimate of drug-likeness (QED) is 0.640. The molecule has 0 saturated carbocycles. The first-order valence-electron chi connectivity index (χ1n) is 9.70. The maximum atomic E-state index is 13.0. The minimum Gasteiger partial charge on any atom is -0.376 e. The number of imide groups is 2. The number of nitrogens with zero attached hydrogens (tertiary/aromatic N) is 2. The Balaban J connectivity index is 1.67. The molecule has 1 atom stereocenters. The molecule has 0 radical (unpaired) electrons. The van der Waals surface area contributed by atoms with Gasteiger partial charge < -0.3 is 9.30 Å². The lowest BCUT2D eigenvalue weighted by atomic mass is 10.1. The van der Waals surface area contributed by atoms with Crippen molar-refractivity contribution in [3.8, 4) is 0 Å². The molecule has 1 aromatic heterocycles. The Kier molecular flexibility index (Phi) is 5.07. The van der Waals surface area contributed by atoms with Crippen LogP contribution in [0.3, 0.4) is 0 Å². The van der Waals surface area contributed by atoms with Gasteiger partial charge >= 0.3 is 6.03 Å². The van der Waals surface area contributed by atoms with Crippen LogP contribution in [0.4, 0.5) is 10.5 Å². The highest BCUT2D eigenvalue weighted by atomic mass is 16.5. The number of para-hydroxylation sites is 1. The van der Waals surface area contributed by atoms with E-state index in [1.807, 2.05) is 19.9 Å². The van der Waals surface area contributed by atoms with Crippen LogP contribution in [0.2, 0.25) is 0 Å². The molecule has 4 amide bonds. The molecule has 2 aromatic rings. The van der Waals surface area contributed by atoms with Gasteiger partial charge in [0.25, 0.3) is 11.8 Å². The van der Waals surface area contributed by atoms with Crippen LogP contribution in [0.15, 0.2) is 42.0 Å². The first-order chi connectivity index (χ1) is 14.0. The number of urea groups is 1. The molecule has 2 saturated heterocycles. The van der Waals surface area contributed by atoms with Crippen molar-refractivity contribution in [2.45, 2.75) is 39.3 Å². The maximum Gasteiger partial charge on any atom is 0.335 e. The van der Waals surface area contributed by atoms with Crippen molar-refractivity contribution in [1.82, 2.24) is 9.88 Å². The van der Waals surface area contributed by atoms with Crippen LogP contribution in [-0.4, -0.2) is 35.1 Å². The summed E-state index contributed by atoms with van der Waals surface area (Å²) in [7, 11) is 0. The Labute approximate surface area is 168 Å². The molecule has 2 aliphatic rings. The topological polar surface area (TPSA) is 80.6 Å². The first kappa shape index (κ1) is 19.1. The number of carbonyl (C=O) groups is 3. The van der Waals surface area contributed by atoms with Crippen LogP contribution < -0.4 is 10.2 Å². The van der Waals surface area contributed by atoms with E-state index in [9.17, 15) is 14.4 Å². The average molecular weight is 393 g/mol. The average Bonchev–Trinajstić information content (AvgIpc) is 3.30. The molecule has 1 N–H and O–H groups in total. The molecular weight excluding hydrogens is 370 g/mol. The second kappa shape index (κ2) is 7.67. The van der Waals surface area contributed by atoms with Crippen LogP contribution >= 0.6 is 0 Å². The summed E-state index contributed by atoms with van der Waals surface area (Å²) >= 11 is 0. The van der Waals surface area contributed by atoms with Gasteiger partial charge in [-0.05, 0) is 56.5 Å². The highest BCUT2D eigenvalue weighted by molar-refractivity contribution is 6.39. The molecule has 7 nitrogen and oxygen atoms in total. The summed E-state index contributed by atoms with van der Waals surface area (Å²) in [4.78, 5) is 38.6. The standard InChI is InChI=1S/C22H23N3O4/c1-14-11-16(15(2)24(14)13-18-9-6-10-29-18)12-19-20(26)23-22(28)25(21(19)27)17-7-4-3-5-8-17/h3-5,7-8,11-12,18H,6,9-10,13H2,1-2H3,(H,23,26,28)/b19-12+/t18-/m1/s1. The van der Waals surface area contributed by atoms with Crippen LogP contribution in [0.5, 0.6) is 0 Å². The van der Waals surface area contributed by atoms with Gasteiger partial charge in [-0.15, -0.1) is 0 Å². The van der Waals surface area contributed by atoms with E-state index >= 15 is 0 Å². The fourth-order valence-electron chi connectivity index (χ4n) is 3.87. The minimum atomic E-state index is -0.743. The Morgan fingerprint density at radius 3 is 2.62 bits per heavy atom. The van der Waals surface area contributed by atoms with Crippen molar-refractivity contribution >= 4 is 29.6 Å². The number of nitrogens with one attached hydrogen (secondary N) is 1. The maximum absolute atomic E-state index is 13.0. The van der Waals surface area contributed by atoms with Gasteiger partial charge in [-0.1, -0.05) is 18.2 Å².